The van der Waals surface area contributed by atoms with E-state index < -0.39 is 0 Å². The van der Waals surface area contributed by atoms with Crippen LogP contribution in [0.25, 0.3) is 0 Å². The minimum absolute atomic E-state index is 0.0250. The fraction of sp³-hybridized carbons (Fsp3) is 0.917. The molecule has 96 valence electrons. The summed E-state index contributed by atoms with van der Waals surface area (Å²) in [6.07, 6.45) is 2.16. The quantitative estimate of drug-likeness (QED) is 0.686. The third kappa shape index (κ3) is 8.68. The fourth-order valence-electron chi connectivity index (χ4n) is 1.45. The van der Waals surface area contributed by atoms with Crippen molar-refractivity contribution in [3.8, 4) is 0 Å². The highest BCUT2D eigenvalue weighted by Crippen LogP contribution is 2.00. The molecule has 2 N–H and O–H groups in total. The molecule has 0 spiro atoms. The standard InChI is InChI=1S/C12H26N2O2/c1-5-6-7-14(8-9-15)10-11(16)13-12(2,3)4/h15H,5-10H2,1-4H3,(H,13,16). The summed E-state index contributed by atoms with van der Waals surface area (Å²) < 4.78 is 0. The summed E-state index contributed by atoms with van der Waals surface area (Å²) in [5.74, 6) is 0.0250. The lowest BCUT2D eigenvalue weighted by Crippen LogP contribution is -2.46. The maximum atomic E-state index is 11.7. The summed E-state index contributed by atoms with van der Waals surface area (Å²) in [6, 6.07) is 0. The van der Waals surface area contributed by atoms with Gasteiger partial charge < -0.3 is 10.4 Å². The van der Waals surface area contributed by atoms with E-state index in [9.17, 15) is 4.79 Å². The van der Waals surface area contributed by atoms with Crippen molar-refractivity contribution in [3.05, 3.63) is 0 Å². The molecule has 0 bridgehead atoms. The van der Waals surface area contributed by atoms with Crippen LogP contribution in [0.3, 0.4) is 0 Å². The molecule has 0 aromatic rings. The van der Waals surface area contributed by atoms with Gasteiger partial charge in [0.15, 0.2) is 0 Å². The molecule has 0 saturated carbocycles. The van der Waals surface area contributed by atoms with Crippen molar-refractivity contribution in [3.63, 3.8) is 0 Å². The molecule has 4 heteroatoms. The van der Waals surface area contributed by atoms with Gasteiger partial charge in [-0.1, -0.05) is 13.3 Å². The number of carbonyl (C=O) groups is 1. The number of unbranched alkanes of at least 4 members (excludes halogenated alkanes) is 1. The minimum Gasteiger partial charge on any atom is -0.395 e. The molecule has 16 heavy (non-hydrogen) atoms. The molecule has 0 radical (unpaired) electrons. The third-order valence-electron chi connectivity index (χ3n) is 2.13. The normalized spacial score (nSPS) is 11.9. The van der Waals surface area contributed by atoms with Crippen molar-refractivity contribution < 1.29 is 9.90 Å². The first-order valence-corrected chi connectivity index (χ1v) is 6.03. The van der Waals surface area contributed by atoms with E-state index in [1.807, 2.05) is 25.7 Å². The number of rotatable bonds is 7. The van der Waals surface area contributed by atoms with Crippen LogP contribution < -0.4 is 5.32 Å². The molecule has 0 aliphatic rings. The molecular formula is C12H26N2O2. The van der Waals surface area contributed by atoms with Gasteiger partial charge in [-0.2, -0.15) is 0 Å². The predicted molar refractivity (Wildman–Crippen MR) is 66.3 cm³/mol. The smallest absolute Gasteiger partial charge is 0.234 e. The van der Waals surface area contributed by atoms with Gasteiger partial charge in [0.25, 0.3) is 0 Å². The molecule has 0 aromatic carbocycles. The van der Waals surface area contributed by atoms with Crippen LogP contribution in [0.2, 0.25) is 0 Å². The highest BCUT2D eigenvalue weighted by atomic mass is 16.3. The predicted octanol–water partition coefficient (Wildman–Crippen LogP) is 0.995. The molecule has 0 unspecified atom stereocenters. The average molecular weight is 230 g/mol. The van der Waals surface area contributed by atoms with Crippen molar-refractivity contribution in [1.82, 2.24) is 10.2 Å². The molecule has 0 heterocycles. The van der Waals surface area contributed by atoms with Crippen LogP contribution in [0.15, 0.2) is 0 Å². The number of amides is 1. The van der Waals surface area contributed by atoms with E-state index in [0.29, 0.717) is 13.1 Å². The Balaban J connectivity index is 4.02. The van der Waals surface area contributed by atoms with Gasteiger partial charge in [-0.15, -0.1) is 0 Å². The lowest BCUT2D eigenvalue weighted by atomic mass is 10.1. The maximum absolute atomic E-state index is 11.7. The number of carbonyl (C=O) groups excluding carboxylic acids is 1. The highest BCUT2D eigenvalue weighted by Gasteiger charge is 2.16. The second kappa shape index (κ2) is 7.63. The lowest BCUT2D eigenvalue weighted by Gasteiger charge is -2.25. The molecular weight excluding hydrogens is 204 g/mol. The molecule has 4 nitrogen and oxygen atoms in total. The van der Waals surface area contributed by atoms with Crippen LogP contribution in [-0.4, -0.2) is 47.7 Å². The molecule has 0 aliphatic carbocycles. The first-order chi connectivity index (χ1) is 7.39. The zero-order valence-electron chi connectivity index (χ0n) is 11.0. The summed E-state index contributed by atoms with van der Waals surface area (Å²) >= 11 is 0. The summed E-state index contributed by atoms with van der Waals surface area (Å²) in [6.45, 7) is 9.93. The summed E-state index contributed by atoms with van der Waals surface area (Å²) in [4.78, 5) is 13.7. The number of hydrogen-bond acceptors (Lipinski definition) is 3. The Morgan fingerprint density at radius 2 is 1.94 bits per heavy atom. The molecule has 0 aromatic heterocycles. The monoisotopic (exact) mass is 230 g/mol. The topological polar surface area (TPSA) is 52.6 Å². The van der Waals surface area contributed by atoms with E-state index in [-0.39, 0.29) is 18.1 Å². The average Bonchev–Trinajstić information content (AvgIpc) is 2.11. The van der Waals surface area contributed by atoms with Crippen LogP contribution in [0.5, 0.6) is 0 Å². The van der Waals surface area contributed by atoms with Gasteiger partial charge in [0.1, 0.15) is 0 Å². The van der Waals surface area contributed by atoms with Gasteiger partial charge in [-0.25, -0.2) is 0 Å². The molecule has 0 aliphatic heterocycles. The molecule has 0 atom stereocenters. The Morgan fingerprint density at radius 3 is 2.38 bits per heavy atom. The van der Waals surface area contributed by atoms with Gasteiger partial charge in [0.2, 0.25) is 5.91 Å². The first-order valence-electron chi connectivity index (χ1n) is 6.03. The van der Waals surface area contributed by atoms with E-state index >= 15 is 0 Å². The van der Waals surface area contributed by atoms with Gasteiger partial charge in [-0.05, 0) is 33.7 Å². The number of aliphatic hydroxyl groups is 1. The largest absolute Gasteiger partial charge is 0.395 e. The van der Waals surface area contributed by atoms with E-state index in [1.54, 1.807) is 0 Å². The number of aliphatic hydroxyl groups excluding tert-OH is 1. The Morgan fingerprint density at radius 1 is 1.31 bits per heavy atom. The summed E-state index contributed by atoms with van der Waals surface area (Å²) in [5.41, 5.74) is -0.188. The SMILES string of the molecule is CCCCN(CCO)CC(=O)NC(C)(C)C. The van der Waals surface area contributed by atoms with Crippen LogP contribution in [0.4, 0.5) is 0 Å². The minimum atomic E-state index is -0.188. The third-order valence-corrected chi connectivity index (χ3v) is 2.13. The summed E-state index contributed by atoms with van der Waals surface area (Å²) in [7, 11) is 0. The zero-order valence-corrected chi connectivity index (χ0v) is 11.0. The number of hydrogen-bond donors (Lipinski definition) is 2. The van der Waals surface area contributed by atoms with Crippen molar-refractivity contribution in [1.29, 1.82) is 0 Å². The van der Waals surface area contributed by atoms with Crippen molar-refractivity contribution in [2.75, 3.05) is 26.2 Å². The number of nitrogens with one attached hydrogen (secondary N) is 1. The van der Waals surface area contributed by atoms with Gasteiger partial charge >= 0.3 is 0 Å². The van der Waals surface area contributed by atoms with Crippen LogP contribution in [0.1, 0.15) is 40.5 Å². The van der Waals surface area contributed by atoms with Crippen LogP contribution in [0, 0.1) is 0 Å². The molecule has 0 saturated heterocycles. The number of nitrogens with zero attached hydrogens (tertiary/aromatic N) is 1. The molecule has 0 fully saturated rings. The Labute approximate surface area is 99.0 Å². The van der Waals surface area contributed by atoms with Crippen molar-refractivity contribution in [2.45, 2.75) is 46.1 Å². The summed E-state index contributed by atoms with van der Waals surface area (Å²) in [5, 5.41) is 11.8. The van der Waals surface area contributed by atoms with Gasteiger partial charge in [0, 0.05) is 12.1 Å². The second-order valence-corrected chi connectivity index (χ2v) is 5.15. The maximum Gasteiger partial charge on any atom is 0.234 e. The van der Waals surface area contributed by atoms with Crippen LogP contribution in [-0.2, 0) is 4.79 Å². The Kier molecular flexibility index (Phi) is 7.34. The van der Waals surface area contributed by atoms with Gasteiger partial charge in [0.05, 0.1) is 13.2 Å². The zero-order chi connectivity index (χ0) is 12.6. The lowest BCUT2D eigenvalue weighted by molar-refractivity contribution is -0.123. The van der Waals surface area contributed by atoms with Crippen molar-refractivity contribution in [2.24, 2.45) is 0 Å². The Hall–Kier alpha value is -0.610. The molecule has 1 amide bonds. The van der Waals surface area contributed by atoms with E-state index in [1.165, 1.54) is 0 Å². The van der Waals surface area contributed by atoms with Gasteiger partial charge in [-0.3, -0.25) is 9.69 Å². The fourth-order valence-corrected chi connectivity index (χ4v) is 1.45. The highest BCUT2D eigenvalue weighted by molar-refractivity contribution is 5.78. The van der Waals surface area contributed by atoms with E-state index in [2.05, 4.69) is 12.2 Å². The molecule has 0 rings (SSSR count). The second-order valence-electron chi connectivity index (χ2n) is 5.15. The van der Waals surface area contributed by atoms with Crippen LogP contribution >= 0.6 is 0 Å². The first kappa shape index (κ1) is 15.4. The van der Waals surface area contributed by atoms with E-state index in [0.717, 1.165) is 19.4 Å². The Bertz CT molecular complexity index is 200. The van der Waals surface area contributed by atoms with Crippen molar-refractivity contribution >= 4 is 5.91 Å². The van der Waals surface area contributed by atoms with E-state index in [4.69, 9.17) is 5.11 Å².